The number of likely N-dealkylation sites (N-methyl/N-ethyl adjacent to an activating group) is 1. The number of methoxy groups -OCH3 is 1. The van der Waals surface area contributed by atoms with Crippen LogP contribution in [0.5, 0.6) is 0 Å². The van der Waals surface area contributed by atoms with Crippen LogP contribution in [0, 0.1) is 11.7 Å². The van der Waals surface area contributed by atoms with E-state index in [9.17, 15) is 18.8 Å². The molecular weight excluding hydrogens is 405 g/mol. The lowest BCUT2D eigenvalue weighted by Crippen LogP contribution is -2.46. The standard InChI is InChI=1S/C21H30FN5O4/c1-14(2)11-27-19(23)18(20(29)24-21(27)30)26(9-10-31-4)17(28)13-25(3)12-15-7-5-6-8-16(15)22/h5-8,14H,9-13,23H2,1-4H3,(H,24,29,30). The fourth-order valence-corrected chi connectivity index (χ4v) is 3.22. The Kier molecular flexibility index (Phi) is 8.52. The second kappa shape index (κ2) is 10.9. The summed E-state index contributed by atoms with van der Waals surface area (Å²) >= 11 is 0. The minimum absolute atomic E-state index is 0.0655. The van der Waals surface area contributed by atoms with Gasteiger partial charge in [0.1, 0.15) is 11.6 Å². The van der Waals surface area contributed by atoms with E-state index >= 15 is 0 Å². The van der Waals surface area contributed by atoms with Crippen LogP contribution in [-0.2, 0) is 22.6 Å². The number of anilines is 2. The fourth-order valence-electron chi connectivity index (χ4n) is 3.22. The number of aromatic nitrogens is 2. The summed E-state index contributed by atoms with van der Waals surface area (Å²) in [5, 5.41) is 0. The number of nitrogens with two attached hydrogens (primary N) is 1. The van der Waals surface area contributed by atoms with E-state index in [4.69, 9.17) is 10.5 Å². The molecule has 0 radical (unpaired) electrons. The maximum atomic E-state index is 13.9. The average molecular weight is 436 g/mol. The molecule has 1 aromatic carbocycles. The number of ether oxygens (including phenoxy) is 1. The Labute approximate surface area is 180 Å². The second-order valence-corrected chi connectivity index (χ2v) is 7.80. The molecule has 1 aromatic heterocycles. The van der Waals surface area contributed by atoms with Gasteiger partial charge in [-0.15, -0.1) is 0 Å². The van der Waals surface area contributed by atoms with Crippen LogP contribution in [0.4, 0.5) is 15.9 Å². The number of rotatable bonds is 10. The first-order valence-electron chi connectivity index (χ1n) is 9.99. The molecule has 9 nitrogen and oxygen atoms in total. The molecule has 2 rings (SSSR count). The zero-order chi connectivity index (χ0) is 23.1. The van der Waals surface area contributed by atoms with Crippen LogP contribution in [0.3, 0.4) is 0 Å². The maximum absolute atomic E-state index is 13.9. The van der Waals surface area contributed by atoms with Crippen LogP contribution in [0.15, 0.2) is 33.9 Å². The number of nitrogen functional groups attached to an aromatic ring is 1. The molecule has 1 amide bonds. The van der Waals surface area contributed by atoms with Crippen LogP contribution >= 0.6 is 0 Å². The zero-order valence-electron chi connectivity index (χ0n) is 18.4. The van der Waals surface area contributed by atoms with Crippen LogP contribution in [0.25, 0.3) is 0 Å². The highest BCUT2D eigenvalue weighted by Crippen LogP contribution is 2.18. The van der Waals surface area contributed by atoms with Crippen LogP contribution < -0.4 is 21.9 Å². The molecule has 10 heteroatoms. The predicted molar refractivity (Wildman–Crippen MR) is 118 cm³/mol. The highest BCUT2D eigenvalue weighted by molar-refractivity contribution is 5.96. The van der Waals surface area contributed by atoms with Crippen molar-refractivity contribution in [2.45, 2.75) is 26.9 Å². The largest absolute Gasteiger partial charge is 0.383 e. The van der Waals surface area contributed by atoms with Gasteiger partial charge in [0.15, 0.2) is 5.69 Å². The normalized spacial score (nSPS) is 11.3. The van der Waals surface area contributed by atoms with Crippen molar-refractivity contribution in [3.8, 4) is 0 Å². The van der Waals surface area contributed by atoms with Crippen LogP contribution in [0.2, 0.25) is 0 Å². The molecule has 0 bridgehead atoms. The average Bonchev–Trinajstić information content (AvgIpc) is 2.69. The molecule has 1 heterocycles. The van der Waals surface area contributed by atoms with Gasteiger partial charge in [0.05, 0.1) is 13.2 Å². The summed E-state index contributed by atoms with van der Waals surface area (Å²) in [5.74, 6) is -0.778. The van der Waals surface area contributed by atoms with Gasteiger partial charge < -0.3 is 15.4 Å². The number of nitrogens with zero attached hydrogens (tertiary/aromatic N) is 3. The van der Waals surface area contributed by atoms with Gasteiger partial charge in [-0.1, -0.05) is 32.0 Å². The minimum Gasteiger partial charge on any atom is -0.383 e. The number of carbonyl (C=O) groups excluding carboxylic acids is 1. The summed E-state index contributed by atoms with van der Waals surface area (Å²) in [6.45, 7) is 4.43. The number of H-pyrrole nitrogens is 1. The van der Waals surface area contributed by atoms with Crippen molar-refractivity contribution in [2.75, 3.05) is 44.5 Å². The first kappa shape index (κ1) is 24.3. The number of hydrogen-bond acceptors (Lipinski definition) is 6. The van der Waals surface area contributed by atoms with Gasteiger partial charge in [0, 0.05) is 32.3 Å². The van der Waals surface area contributed by atoms with Crippen molar-refractivity contribution >= 4 is 17.4 Å². The van der Waals surface area contributed by atoms with E-state index in [0.29, 0.717) is 5.56 Å². The molecule has 0 saturated carbocycles. The quantitative estimate of drug-likeness (QED) is 0.576. The first-order valence-corrected chi connectivity index (χ1v) is 9.99. The van der Waals surface area contributed by atoms with Crippen molar-refractivity contribution in [2.24, 2.45) is 5.92 Å². The monoisotopic (exact) mass is 435 g/mol. The molecule has 0 spiro atoms. The third-order valence-corrected chi connectivity index (χ3v) is 4.66. The van der Waals surface area contributed by atoms with Crippen molar-refractivity contribution in [3.05, 3.63) is 56.5 Å². The van der Waals surface area contributed by atoms with Gasteiger partial charge in [0.25, 0.3) is 5.56 Å². The molecule has 0 aliphatic rings. The lowest BCUT2D eigenvalue weighted by molar-refractivity contribution is -0.119. The fraction of sp³-hybridized carbons (Fsp3) is 0.476. The first-order chi connectivity index (χ1) is 14.6. The van der Waals surface area contributed by atoms with Gasteiger partial charge in [-0.3, -0.25) is 24.0 Å². The lowest BCUT2D eigenvalue weighted by Gasteiger charge is -2.27. The van der Waals surface area contributed by atoms with Crippen LogP contribution in [-0.4, -0.2) is 54.2 Å². The summed E-state index contributed by atoms with van der Waals surface area (Å²) in [5.41, 5.74) is 5.14. The number of halogens is 1. The molecule has 0 saturated heterocycles. The number of amides is 1. The third-order valence-electron chi connectivity index (χ3n) is 4.66. The van der Waals surface area contributed by atoms with E-state index in [1.807, 2.05) is 13.8 Å². The number of carbonyl (C=O) groups is 1. The van der Waals surface area contributed by atoms with E-state index in [1.54, 1.807) is 30.1 Å². The summed E-state index contributed by atoms with van der Waals surface area (Å²) in [4.78, 5) is 43.0. The molecule has 0 atom stereocenters. The van der Waals surface area contributed by atoms with Gasteiger partial charge in [-0.05, 0) is 19.0 Å². The molecule has 3 N–H and O–H groups in total. The highest BCUT2D eigenvalue weighted by atomic mass is 19.1. The molecule has 0 aliphatic heterocycles. The molecular formula is C21H30FN5O4. The Morgan fingerprint density at radius 3 is 2.58 bits per heavy atom. The summed E-state index contributed by atoms with van der Waals surface area (Å²) in [7, 11) is 3.15. The van der Waals surface area contributed by atoms with E-state index in [-0.39, 0.29) is 56.0 Å². The Morgan fingerprint density at radius 1 is 1.29 bits per heavy atom. The lowest BCUT2D eigenvalue weighted by atomic mass is 10.2. The van der Waals surface area contributed by atoms with E-state index < -0.39 is 17.2 Å². The Bertz CT molecular complexity index is 1020. The Hall–Kier alpha value is -2.98. The van der Waals surface area contributed by atoms with Crippen molar-refractivity contribution in [1.29, 1.82) is 0 Å². The van der Waals surface area contributed by atoms with E-state index in [0.717, 1.165) is 0 Å². The smallest absolute Gasteiger partial charge is 0.330 e. The van der Waals surface area contributed by atoms with E-state index in [2.05, 4.69) is 4.98 Å². The van der Waals surface area contributed by atoms with Crippen molar-refractivity contribution in [3.63, 3.8) is 0 Å². The summed E-state index contributed by atoms with van der Waals surface area (Å²) in [6.07, 6.45) is 0. The van der Waals surface area contributed by atoms with Crippen molar-refractivity contribution in [1.82, 2.24) is 14.5 Å². The van der Waals surface area contributed by atoms with Gasteiger partial charge >= 0.3 is 5.69 Å². The molecule has 2 aromatic rings. The second-order valence-electron chi connectivity index (χ2n) is 7.80. The Balaban J connectivity index is 2.34. The number of hydrogen-bond donors (Lipinski definition) is 2. The SMILES string of the molecule is COCCN(C(=O)CN(C)Cc1ccccc1F)c1c(N)n(CC(C)C)c(=O)[nH]c1=O. The summed E-state index contributed by atoms with van der Waals surface area (Å²) < 4.78 is 20.3. The molecule has 0 aliphatic carbocycles. The molecule has 0 unspecified atom stereocenters. The molecule has 31 heavy (non-hydrogen) atoms. The zero-order valence-corrected chi connectivity index (χ0v) is 18.4. The van der Waals surface area contributed by atoms with Gasteiger partial charge in [0.2, 0.25) is 5.91 Å². The van der Waals surface area contributed by atoms with Crippen molar-refractivity contribution < 1.29 is 13.9 Å². The molecule has 170 valence electrons. The number of benzene rings is 1. The predicted octanol–water partition coefficient (Wildman–Crippen LogP) is 1.03. The Morgan fingerprint density at radius 2 is 1.97 bits per heavy atom. The van der Waals surface area contributed by atoms with Gasteiger partial charge in [-0.25, -0.2) is 9.18 Å². The minimum atomic E-state index is -0.747. The van der Waals surface area contributed by atoms with E-state index in [1.165, 1.54) is 22.6 Å². The third kappa shape index (κ3) is 6.25. The maximum Gasteiger partial charge on any atom is 0.330 e. The molecule has 0 fully saturated rings. The summed E-state index contributed by atoms with van der Waals surface area (Å²) in [6, 6.07) is 6.31. The number of nitrogens with one attached hydrogen (secondary N) is 1. The number of aromatic amines is 1. The van der Waals surface area contributed by atoms with Crippen LogP contribution in [0.1, 0.15) is 19.4 Å². The highest BCUT2D eigenvalue weighted by Gasteiger charge is 2.25. The van der Waals surface area contributed by atoms with Gasteiger partial charge in [-0.2, -0.15) is 0 Å². The topological polar surface area (TPSA) is 114 Å².